The lowest BCUT2D eigenvalue weighted by atomic mass is 10.1. The van der Waals surface area contributed by atoms with Crippen LogP contribution < -0.4 is 0 Å². The predicted octanol–water partition coefficient (Wildman–Crippen LogP) is 2.87. The molecule has 0 saturated carbocycles. The zero-order chi connectivity index (χ0) is 37.0. The Kier molecular flexibility index (Phi) is 35.7. The SMILES string of the molecule is CC(C)CCOCCOCCOCCOCCOCCOP(=O)(O)OCCOCCOCCOCCOCCOCCOP(=O)(O)OC(C)C. The molecule has 0 amide bonds. The van der Waals surface area contributed by atoms with Crippen molar-refractivity contribution in [2.45, 2.75) is 40.2 Å². The molecule has 0 fully saturated rings. The summed E-state index contributed by atoms with van der Waals surface area (Å²) < 4.78 is 96.4. The molecule has 0 aromatic rings. The van der Waals surface area contributed by atoms with Gasteiger partial charge in [0.15, 0.2) is 0 Å². The summed E-state index contributed by atoms with van der Waals surface area (Å²) in [4.78, 5) is 19.1. The van der Waals surface area contributed by atoms with E-state index in [2.05, 4.69) is 13.8 Å². The zero-order valence-electron chi connectivity index (χ0n) is 30.4. The second kappa shape index (κ2) is 35.8. The topological polar surface area (TPSA) is 204 Å². The summed E-state index contributed by atoms with van der Waals surface area (Å²) >= 11 is 0. The van der Waals surface area contributed by atoms with Crippen molar-refractivity contribution < 1.29 is 84.4 Å². The molecule has 0 aliphatic rings. The van der Waals surface area contributed by atoms with Crippen LogP contribution in [0.5, 0.6) is 0 Å². The van der Waals surface area contributed by atoms with Gasteiger partial charge in [0.25, 0.3) is 0 Å². The molecule has 18 nitrogen and oxygen atoms in total. The maximum Gasteiger partial charge on any atom is 0.472 e. The van der Waals surface area contributed by atoms with Crippen LogP contribution in [0.15, 0.2) is 0 Å². The monoisotopic (exact) mass is 774 g/mol. The molecule has 2 atom stereocenters. The Balaban J connectivity index is 3.31. The molecule has 50 heavy (non-hydrogen) atoms. The van der Waals surface area contributed by atoms with E-state index in [0.29, 0.717) is 105 Å². The molecule has 2 N–H and O–H groups in total. The van der Waals surface area contributed by atoms with Gasteiger partial charge in [0.2, 0.25) is 0 Å². The predicted molar refractivity (Wildman–Crippen MR) is 181 cm³/mol. The Hall–Kier alpha value is -0.180. The highest BCUT2D eigenvalue weighted by atomic mass is 31.2. The summed E-state index contributed by atoms with van der Waals surface area (Å²) in [5.41, 5.74) is 0. The highest BCUT2D eigenvalue weighted by Gasteiger charge is 2.22. The highest BCUT2D eigenvalue weighted by molar-refractivity contribution is 7.47. The lowest BCUT2D eigenvalue weighted by molar-refractivity contribution is -0.0167. The van der Waals surface area contributed by atoms with Gasteiger partial charge in [-0.05, 0) is 26.2 Å². The molecule has 0 radical (unpaired) electrons. The van der Waals surface area contributed by atoms with Crippen LogP contribution in [-0.2, 0) is 74.6 Å². The number of ether oxygens (including phenoxy) is 10. The second-order valence-electron chi connectivity index (χ2n) is 10.9. The van der Waals surface area contributed by atoms with Crippen molar-refractivity contribution in [2.24, 2.45) is 5.92 Å². The molecule has 0 heterocycles. The Morgan fingerprint density at radius 2 is 0.580 bits per heavy atom. The fraction of sp³-hybridized carbons (Fsp3) is 1.00. The van der Waals surface area contributed by atoms with Crippen molar-refractivity contribution in [3.8, 4) is 0 Å². The van der Waals surface area contributed by atoms with Gasteiger partial charge in [-0.15, -0.1) is 0 Å². The third kappa shape index (κ3) is 40.6. The summed E-state index contributed by atoms with van der Waals surface area (Å²) in [5.74, 6) is 0.639. The second-order valence-corrected chi connectivity index (χ2v) is 13.8. The molecule has 0 rings (SSSR count). The summed E-state index contributed by atoms with van der Waals surface area (Å²) in [5, 5.41) is 0. The molecule has 0 bridgehead atoms. The van der Waals surface area contributed by atoms with Gasteiger partial charge in [-0.2, -0.15) is 0 Å². The number of phosphoric ester groups is 2. The van der Waals surface area contributed by atoms with Crippen LogP contribution in [-0.4, -0.2) is 168 Å². The molecule has 0 aliphatic heterocycles. The molecular formula is C30H64O18P2. The highest BCUT2D eigenvalue weighted by Crippen LogP contribution is 2.44. The number of hydrogen-bond acceptors (Lipinski definition) is 16. The molecule has 0 aliphatic carbocycles. The molecule has 20 heteroatoms. The van der Waals surface area contributed by atoms with E-state index >= 15 is 0 Å². The molecule has 0 aromatic carbocycles. The Morgan fingerprint density at radius 1 is 0.360 bits per heavy atom. The quantitative estimate of drug-likeness (QED) is 0.0677. The van der Waals surface area contributed by atoms with Gasteiger partial charge in [-0.3, -0.25) is 18.1 Å². The number of rotatable bonds is 41. The van der Waals surface area contributed by atoms with Gasteiger partial charge in [0, 0.05) is 6.61 Å². The molecule has 0 saturated heterocycles. The minimum Gasteiger partial charge on any atom is -0.379 e. The van der Waals surface area contributed by atoms with Crippen LogP contribution in [0, 0.1) is 5.92 Å². The largest absolute Gasteiger partial charge is 0.472 e. The van der Waals surface area contributed by atoms with Gasteiger partial charge in [0.05, 0.1) is 151 Å². The van der Waals surface area contributed by atoms with Gasteiger partial charge < -0.3 is 57.2 Å². The summed E-state index contributed by atoms with van der Waals surface area (Å²) in [6.45, 7) is 14.8. The van der Waals surface area contributed by atoms with Crippen LogP contribution in [0.4, 0.5) is 0 Å². The van der Waals surface area contributed by atoms with Gasteiger partial charge in [-0.25, -0.2) is 9.13 Å². The van der Waals surface area contributed by atoms with Crippen molar-refractivity contribution in [1.29, 1.82) is 0 Å². The van der Waals surface area contributed by atoms with E-state index < -0.39 is 21.7 Å². The average molecular weight is 775 g/mol. The third-order valence-electron chi connectivity index (χ3n) is 5.61. The van der Waals surface area contributed by atoms with E-state index in [-0.39, 0.29) is 46.2 Å². The van der Waals surface area contributed by atoms with Crippen LogP contribution in [0.2, 0.25) is 0 Å². The first-order chi connectivity index (χ1) is 24.0. The molecule has 2 unspecified atom stereocenters. The number of phosphoric acid groups is 2. The lowest BCUT2D eigenvalue weighted by Gasteiger charge is -2.14. The van der Waals surface area contributed by atoms with E-state index in [1.54, 1.807) is 13.8 Å². The average Bonchev–Trinajstić information content (AvgIpc) is 3.04. The minimum atomic E-state index is -4.20. The zero-order valence-corrected chi connectivity index (χ0v) is 32.2. The standard InChI is InChI=1S/C30H64O18P2/c1-29(2)5-6-35-7-8-36-9-10-37-11-14-39-17-20-42-23-26-45-49(31,32)46-27-24-43-21-18-40-15-12-38-13-16-41-19-22-44-25-28-47-50(33,34)48-30(3)4/h29-30H,5-28H2,1-4H3,(H,31,32)(H,33,34). The minimum absolute atomic E-state index is 0.0667. The summed E-state index contributed by atoms with van der Waals surface area (Å²) in [6, 6.07) is 0. The van der Waals surface area contributed by atoms with E-state index in [1.807, 2.05) is 0 Å². The van der Waals surface area contributed by atoms with Crippen LogP contribution in [0.3, 0.4) is 0 Å². The Bertz CT molecular complexity index is 810. The summed E-state index contributed by atoms with van der Waals surface area (Å²) in [6.07, 6.45) is 0.632. The van der Waals surface area contributed by atoms with Gasteiger partial charge >= 0.3 is 15.6 Å². The van der Waals surface area contributed by atoms with Crippen molar-refractivity contribution in [3.63, 3.8) is 0 Å². The van der Waals surface area contributed by atoms with Crippen LogP contribution >= 0.6 is 15.6 Å². The van der Waals surface area contributed by atoms with E-state index in [0.717, 1.165) is 13.0 Å². The molecule has 302 valence electrons. The molecule has 0 spiro atoms. The molecule has 0 aromatic heterocycles. The smallest absolute Gasteiger partial charge is 0.379 e. The number of hydrogen-bond donors (Lipinski definition) is 2. The van der Waals surface area contributed by atoms with Crippen molar-refractivity contribution in [1.82, 2.24) is 0 Å². The lowest BCUT2D eigenvalue weighted by Crippen LogP contribution is -2.14. The van der Waals surface area contributed by atoms with E-state index in [9.17, 15) is 18.9 Å². The van der Waals surface area contributed by atoms with Crippen LogP contribution in [0.1, 0.15) is 34.1 Å². The first kappa shape index (κ1) is 49.8. The van der Waals surface area contributed by atoms with Gasteiger partial charge in [0.1, 0.15) is 0 Å². The maximum atomic E-state index is 11.9. The fourth-order valence-corrected chi connectivity index (χ4v) is 4.84. The first-order valence-corrected chi connectivity index (χ1v) is 20.1. The Morgan fingerprint density at radius 3 is 0.820 bits per heavy atom. The van der Waals surface area contributed by atoms with Crippen molar-refractivity contribution >= 4 is 15.6 Å². The molecular weight excluding hydrogens is 710 g/mol. The normalized spacial score (nSPS) is 14.5. The third-order valence-corrected chi connectivity index (χ3v) is 7.82. The van der Waals surface area contributed by atoms with Crippen molar-refractivity contribution in [3.05, 3.63) is 0 Å². The van der Waals surface area contributed by atoms with Crippen LogP contribution in [0.25, 0.3) is 0 Å². The first-order valence-electron chi connectivity index (χ1n) is 17.1. The summed E-state index contributed by atoms with van der Waals surface area (Å²) in [7, 11) is -8.25. The van der Waals surface area contributed by atoms with E-state index in [1.165, 1.54) is 0 Å². The van der Waals surface area contributed by atoms with Gasteiger partial charge in [-0.1, -0.05) is 13.8 Å². The van der Waals surface area contributed by atoms with Crippen molar-refractivity contribution in [2.75, 3.05) is 152 Å². The maximum absolute atomic E-state index is 11.9. The van der Waals surface area contributed by atoms with E-state index in [4.69, 9.17) is 65.5 Å². The fourth-order valence-electron chi connectivity index (χ4n) is 3.25. The Labute approximate surface area is 298 Å².